The van der Waals surface area contributed by atoms with Crippen LogP contribution in [0.1, 0.15) is 22.9 Å². The number of aliphatic imine (C=N–C) groups is 2. The summed E-state index contributed by atoms with van der Waals surface area (Å²) < 4.78 is 6.34. The molecule has 0 spiro atoms. The summed E-state index contributed by atoms with van der Waals surface area (Å²) in [6.07, 6.45) is -0.358. The first-order valence-corrected chi connectivity index (χ1v) is 18.0. The maximum Gasteiger partial charge on any atom is 0.159 e. The minimum atomic E-state index is -0.358. The van der Waals surface area contributed by atoms with Gasteiger partial charge in [0, 0.05) is 21.9 Å². The largest absolute Gasteiger partial charge is 0.456 e. The van der Waals surface area contributed by atoms with Crippen molar-refractivity contribution in [1.82, 2.24) is 5.32 Å². The molecule has 4 nitrogen and oxygen atoms in total. The van der Waals surface area contributed by atoms with Gasteiger partial charge in [-0.1, -0.05) is 140 Å². The first-order valence-electron chi connectivity index (χ1n) is 18.0. The molecule has 0 fully saturated rings. The number of nitrogens with one attached hydrogen (secondary N) is 1. The molecular formula is C49H31N3O. The summed E-state index contributed by atoms with van der Waals surface area (Å²) in [5.74, 6) is 1.48. The van der Waals surface area contributed by atoms with E-state index in [1.807, 2.05) is 12.1 Å². The summed E-state index contributed by atoms with van der Waals surface area (Å²) in [5.41, 5.74) is 7.08. The maximum atomic E-state index is 6.34. The third-order valence-electron chi connectivity index (χ3n) is 10.7. The lowest BCUT2D eigenvalue weighted by molar-refractivity contribution is 0.669. The molecule has 1 aromatic heterocycles. The molecule has 1 N–H and O–H groups in total. The van der Waals surface area contributed by atoms with Gasteiger partial charge in [0.05, 0.1) is 0 Å². The van der Waals surface area contributed by atoms with E-state index in [-0.39, 0.29) is 6.17 Å². The van der Waals surface area contributed by atoms with Gasteiger partial charge in [-0.15, -0.1) is 0 Å². The molecule has 53 heavy (non-hydrogen) atoms. The van der Waals surface area contributed by atoms with Crippen molar-refractivity contribution in [2.45, 2.75) is 6.17 Å². The molecule has 0 aliphatic carbocycles. The van der Waals surface area contributed by atoms with E-state index >= 15 is 0 Å². The standard InChI is InChI=1S/C49H31N3O/c1-2-13-31-26-34(25-24-30(31)12-1)47-50-48(52-49(51-47)43-28-33-15-4-5-16-36(33)38-18-7-8-19-39(38)43)35-27-32-14-3-6-17-37(32)42(29-35)40-21-11-23-45-46(40)41-20-9-10-22-44(41)53-45/h1-29,47H,(H,50,51,52). The molecule has 1 aliphatic heterocycles. The molecule has 1 aliphatic rings. The molecule has 248 valence electrons. The lowest BCUT2D eigenvalue weighted by Crippen LogP contribution is -2.33. The Labute approximate surface area is 305 Å². The molecule has 11 rings (SSSR count). The summed E-state index contributed by atoms with van der Waals surface area (Å²) >= 11 is 0. The van der Waals surface area contributed by atoms with Crippen LogP contribution in [0, 0.1) is 0 Å². The lowest BCUT2D eigenvalue weighted by Gasteiger charge is -2.25. The van der Waals surface area contributed by atoms with Crippen molar-refractivity contribution in [1.29, 1.82) is 0 Å². The van der Waals surface area contributed by atoms with Crippen molar-refractivity contribution in [3.63, 3.8) is 0 Å². The molecule has 2 heterocycles. The van der Waals surface area contributed by atoms with E-state index in [9.17, 15) is 0 Å². The van der Waals surface area contributed by atoms with Crippen LogP contribution in [0.4, 0.5) is 0 Å². The highest BCUT2D eigenvalue weighted by Gasteiger charge is 2.24. The molecule has 1 atom stereocenters. The number of hydrogen-bond acceptors (Lipinski definition) is 4. The van der Waals surface area contributed by atoms with Crippen molar-refractivity contribution in [3.05, 3.63) is 193 Å². The van der Waals surface area contributed by atoms with E-state index in [2.05, 4.69) is 169 Å². The minimum absolute atomic E-state index is 0.358. The van der Waals surface area contributed by atoms with Gasteiger partial charge in [0.2, 0.25) is 0 Å². The third kappa shape index (κ3) is 4.84. The van der Waals surface area contributed by atoms with Crippen molar-refractivity contribution < 1.29 is 4.42 Å². The topological polar surface area (TPSA) is 49.9 Å². The SMILES string of the molecule is c1ccc2cc(C3N=C(c4cc(-c5cccc6oc7ccccc7c56)c5ccccc5c4)N=C(c4cc5ccccc5c5ccccc45)N3)ccc2c1. The summed E-state index contributed by atoms with van der Waals surface area (Å²) in [7, 11) is 0. The second kappa shape index (κ2) is 11.8. The fourth-order valence-electron chi connectivity index (χ4n) is 8.18. The highest BCUT2D eigenvalue weighted by molar-refractivity contribution is 6.23. The summed E-state index contributed by atoms with van der Waals surface area (Å²) in [4.78, 5) is 10.8. The molecule has 0 amide bonds. The van der Waals surface area contributed by atoms with Crippen molar-refractivity contribution in [2.24, 2.45) is 9.98 Å². The van der Waals surface area contributed by atoms with Crippen LogP contribution in [0.15, 0.2) is 190 Å². The molecule has 0 saturated heterocycles. The zero-order chi connectivity index (χ0) is 34.9. The van der Waals surface area contributed by atoms with Crippen molar-refractivity contribution in [2.75, 3.05) is 0 Å². The molecule has 10 aromatic rings. The van der Waals surface area contributed by atoms with Crippen LogP contribution in [0.3, 0.4) is 0 Å². The van der Waals surface area contributed by atoms with Gasteiger partial charge in [0.1, 0.15) is 23.2 Å². The number of hydrogen-bond donors (Lipinski definition) is 1. The summed E-state index contributed by atoms with van der Waals surface area (Å²) in [5, 5.41) is 15.4. The first-order chi connectivity index (χ1) is 26.2. The Hall–Kier alpha value is -7.04. The van der Waals surface area contributed by atoms with E-state index in [1.165, 1.54) is 32.3 Å². The average Bonchev–Trinajstić information content (AvgIpc) is 3.62. The van der Waals surface area contributed by atoms with Crippen LogP contribution >= 0.6 is 0 Å². The normalized spacial score (nSPS) is 14.6. The second-order valence-corrected chi connectivity index (χ2v) is 13.8. The van der Waals surface area contributed by atoms with Gasteiger partial charge in [-0.05, 0) is 96.2 Å². The van der Waals surface area contributed by atoms with Crippen molar-refractivity contribution >= 4 is 76.7 Å². The Kier molecular flexibility index (Phi) is 6.58. The van der Waals surface area contributed by atoms with Gasteiger partial charge in [-0.3, -0.25) is 0 Å². The number of nitrogens with zero attached hydrogens (tertiary/aromatic N) is 2. The Bertz CT molecular complexity index is 3170. The van der Waals surface area contributed by atoms with Crippen molar-refractivity contribution in [3.8, 4) is 11.1 Å². The van der Waals surface area contributed by atoms with Crippen LogP contribution < -0.4 is 5.32 Å². The number of benzene rings is 9. The van der Waals surface area contributed by atoms with E-state index in [0.29, 0.717) is 5.84 Å². The van der Waals surface area contributed by atoms with E-state index in [0.717, 1.165) is 66.4 Å². The minimum Gasteiger partial charge on any atom is -0.456 e. The average molecular weight is 678 g/mol. The Morgan fingerprint density at radius 2 is 1.09 bits per heavy atom. The second-order valence-electron chi connectivity index (χ2n) is 13.8. The van der Waals surface area contributed by atoms with Gasteiger partial charge in [-0.25, -0.2) is 9.98 Å². The fourth-order valence-corrected chi connectivity index (χ4v) is 8.18. The highest BCUT2D eigenvalue weighted by Crippen LogP contribution is 2.40. The number of furan rings is 1. The number of fused-ring (bicyclic) bond motifs is 8. The lowest BCUT2D eigenvalue weighted by atomic mass is 9.92. The van der Waals surface area contributed by atoms with E-state index < -0.39 is 0 Å². The predicted octanol–water partition coefficient (Wildman–Crippen LogP) is 12.4. The summed E-state index contributed by atoms with van der Waals surface area (Å²) in [6.45, 7) is 0. The molecular weight excluding hydrogens is 647 g/mol. The number of rotatable bonds is 4. The van der Waals surface area contributed by atoms with E-state index in [1.54, 1.807) is 0 Å². The number of amidine groups is 2. The van der Waals surface area contributed by atoms with Gasteiger partial charge in [0.15, 0.2) is 5.84 Å². The monoisotopic (exact) mass is 677 g/mol. The van der Waals surface area contributed by atoms with Crippen LogP contribution in [-0.2, 0) is 0 Å². The van der Waals surface area contributed by atoms with E-state index in [4.69, 9.17) is 14.4 Å². The fraction of sp³-hybridized carbons (Fsp3) is 0.0204. The molecule has 0 saturated carbocycles. The smallest absolute Gasteiger partial charge is 0.159 e. The summed E-state index contributed by atoms with van der Waals surface area (Å²) in [6, 6.07) is 62.3. The Balaban J connectivity index is 1.16. The van der Waals surface area contributed by atoms with Gasteiger partial charge in [0.25, 0.3) is 0 Å². The Morgan fingerprint density at radius 3 is 1.94 bits per heavy atom. The highest BCUT2D eigenvalue weighted by atomic mass is 16.3. The van der Waals surface area contributed by atoms with Crippen LogP contribution in [0.2, 0.25) is 0 Å². The zero-order valence-corrected chi connectivity index (χ0v) is 28.6. The van der Waals surface area contributed by atoms with Gasteiger partial charge < -0.3 is 9.73 Å². The zero-order valence-electron chi connectivity index (χ0n) is 28.6. The maximum absolute atomic E-state index is 6.34. The molecule has 9 aromatic carbocycles. The van der Waals surface area contributed by atoms with Crippen LogP contribution in [0.25, 0.3) is 76.2 Å². The molecule has 1 unspecified atom stereocenters. The van der Waals surface area contributed by atoms with Gasteiger partial charge in [-0.2, -0.15) is 0 Å². The van der Waals surface area contributed by atoms with Crippen LogP contribution in [-0.4, -0.2) is 11.7 Å². The predicted molar refractivity (Wildman–Crippen MR) is 221 cm³/mol. The molecule has 0 radical (unpaired) electrons. The molecule has 0 bridgehead atoms. The van der Waals surface area contributed by atoms with Gasteiger partial charge >= 0.3 is 0 Å². The Morgan fingerprint density at radius 1 is 0.434 bits per heavy atom. The first kappa shape index (κ1) is 29.7. The quantitative estimate of drug-likeness (QED) is 0.189. The molecule has 4 heteroatoms. The number of para-hydroxylation sites is 1. The third-order valence-corrected chi connectivity index (χ3v) is 10.7. The van der Waals surface area contributed by atoms with Crippen LogP contribution in [0.5, 0.6) is 0 Å².